The minimum Gasteiger partial charge on any atom is -0.314 e. The Morgan fingerprint density at radius 1 is 0.652 bits per heavy atom. The molecule has 2 aliphatic carbocycles. The standard InChI is InChI=1S/C43H32N2S/c1-2-8-29(9-3-1)30-14-18-33(19-15-30)45(35-22-23-39-40-24-25-44-28-43(40)46-42(39)27-35)34-20-16-31(17-21-34)41-26-32-10-4-5-11-36(32)37-12-6-7-13-38(37)41/h1-8,10-16,18-20,22-29H,9,17,21H2. The smallest absolute Gasteiger partial charge is 0.0538 e. The van der Waals surface area contributed by atoms with Crippen LogP contribution in [0.4, 0.5) is 11.4 Å². The fraction of sp³-hybridized carbons (Fsp3) is 0.0930. The molecular weight excluding hydrogens is 577 g/mol. The first-order chi connectivity index (χ1) is 22.8. The number of nitrogens with zero attached hydrogens (tertiary/aromatic N) is 2. The van der Waals surface area contributed by atoms with Crippen LogP contribution in [-0.2, 0) is 0 Å². The number of pyridine rings is 1. The molecule has 220 valence electrons. The second-order valence-electron chi connectivity index (χ2n) is 12.3. The number of allylic oxidation sites excluding steroid dienone is 8. The Bertz CT molecular complexity index is 2400. The average Bonchev–Trinajstić information content (AvgIpc) is 3.50. The predicted molar refractivity (Wildman–Crippen MR) is 198 cm³/mol. The number of fused-ring (bicyclic) bond motifs is 6. The molecule has 2 aromatic heterocycles. The van der Waals surface area contributed by atoms with Crippen LogP contribution in [0.15, 0.2) is 158 Å². The van der Waals surface area contributed by atoms with E-state index in [1.807, 2.05) is 23.7 Å². The Kier molecular flexibility index (Phi) is 6.64. The Hall–Kier alpha value is -5.25. The van der Waals surface area contributed by atoms with Crippen molar-refractivity contribution in [3.63, 3.8) is 0 Å². The number of rotatable bonds is 5. The van der Waals surface area contributed by atoms with Gasteiger partial charge in [0.05, 0.1) is 4.70 Å². The third-order valence-electron chi connectivity index (χ3n) is 9.61. The molecule has 1 atom stereocenters. The number of thiophene rings is 1. The number of aromatic nitrogens is 1. The highest BCUT2D eigenvalue weighted by atomic mass is 32.1. The van der Waals surface area contributed by atoms with Gasteiger partial charge in [0.1, 0.15) is 0 Å². The zero-order valence-electron chi connectivity index (χ0n) is 25.4. The molecule has 0 bridgehead atoms. The maximum Gasteiger partial charge on any atom is 0.0538 e. The lowest BCUT2D eigenvalue weighted by Crippen LogP contribution is -2.18. The summed E-state index contributed by atoms with van der Waals surface area (Å²) in [6, 6.07) is 38.3. The van der Waals surface area contributed by atoms with Crippen LogP contribution in [0, 0.1) is 0 Å². The molecule has 0 spiro atoms. The highest BCUT2D eigenvalue weighted by Gasteiger charge is 2.21. The summed E-state index contributed by atoms with van der Waals surface area (Å²) in [6.07, 6.45) is 20.5. The minimum atomic E-state index is 0.437. The van der Waals surface area contributed by atoms with Crippen molar-refractivity contribution in [2.75, 3.05) is 4.90 Å². The normalized spacial score (nSPS) is 16.3. The van der Waals surface area contributed by atoms with Gasteiger partial charge in [0, 0.05) is 50.9 Å². The van der Waals surface area contributed by atoms with Gasteiger partial charge in [-0.25, -0.2) is 0 Å². The number of hydrogen-bond donors (Lipinski definition) is 0. The zero-order valence-corrected chi connectivity index (χ0v) is 26.3. The molecule has 2 aliphatic rings. The van der Waals surface area contributed by atoms with E-state index in [-0.39, 0.29) is 0 Å². The summed E-state index contributed by atoms with van der Waals surface area (Å²) in [4.78, 5) is 6.84. The molecule has 2 nitrogen and oxygen atoms in total. The van der Waals surface area contributed by atoms with Crippen molar-refractivity contribution in [1.82, 2.24) is 4.98 Å². The maximum atomic E-state index is 4.38. The highest BCUT2D eigenvalue weighted by Crippen LogP contribution is 2.42. The van der Waals surface area contributed by atoms with Gasteiger partial charge in [-0.3, -0.25) is 4.98 Å². The van der Waals surface area contributed by atoms with E-state index in [0.29, 0.717) is 5.92 Å². The molecule has 7 aromatic rings. The highest BCUT2D eigenvalue weighted by molar-refractivity contribution is 7.25. The monoisotopic (exact) mass is 608 g/mol. The van der Waals surface area contributed by atoms with Gasteiger partial charge in [-0.2, -0.15) is 0 Å². The third kappa shape index (κ3) is 4.67. The first-order valence-electron chi connectivity index (χ1n) is 16.1. The molecule has 0 N–H and O–H groups in total. The van der Waals surface area contributed by atoms with Gasteiger partial charge in [0.25, 0.3) is 0 Å². The van der Waals surface area contributed by atoms with Crippen LogP contribution < -0.4 is 4.90 Å². The van der Waals surface area contributed by atoms with Crippen LogP contribution in [-0.4, -0.2) is 4.98 Å². The van der Waals surface area contributed by atoms with Gasteiger partial charge in [0.2, 0.25) is 0 Å². The first kappa shape index (κ1) is 27.1. The summed E-state index contributed by atoms with van der Waals surface area (Å²) in [5.74, 6) is 0.437. The van der Waals surface area contributed by atoms with Crippen LogP contribution in [0.5, 0.6) is 0 Å². The molecular formula is C43H32N2S. The van der Waals surface area contributed by atoms with Gasteiger partial charge in [0.15, 0.2) is 0 Å². The van der Waals surface area contributed by atoms with Crippen molar-refractivity contribution in [2.45, 2.75) is 25.2 Å². The molecule has 0 saturated carbocycles. The van der Waals surface area contributed by atoms with Crippen LogP contribution in [0.1, 0.15) is 36.3 Å². The van der Waals surface area contributed by atoms with E-state index in [4.69, 9.17) is 0 Å². The van der Waals surface area contributed by atoms with Gasteiger partial charge in [-0.15, -0.1) is 11.3 Å². The van der Waals surface area contributed by atoms with E-state index in [2.05, 4.69) is 149 Å². The summed E-state index contributed by atoms with van der Waals surface area (Å²) in [5, 5.41) is 7.83. The van der Waals surface area contributed by atoms with Crippen LogP contribution in [0.3, 0.4) is 0 Å². The molecule has 0 aliphatic heterocycles. The molecule has 3 heteroatoms. The van der Waals surface area contributed by atoms with Crippen molar-refractivity contribution < 1.29 is 0 Å². The van der Waals surface area contributed by atoms with Crippen molar-refractivity contribution in [1.29, 1.82) is 0 Å². The van der Waals surface area contributed by atoms with Crippen molar-refractivity contribution in [3.05, 3.63) is 169 Å². The largest absolute Gasteiger partial charge is 0.314 e. The molecule has 0 amide bonds. The van der Waals surface area contributed by atoms with Gasteiger partial charge in [-0.1, -0.05) is 97.1 Å². The quantitative estimate of drug-likeness (QED) is 0.181. The SMILES string of the molecule is C1=CCC(c2ccc(N(C3=CC=C(c4cc5ccccc5c5ccccc45)CC3)c3ccc4c(c3)sc3cnccc34)cc2)C=C1. The van der Waals surface area contributed by atoms with E-state index >= 15 is 0 Å². The summed E-state index contributed by atoms with van der Waals surface area (Å²) in [6.45, 7) is 0. The molecule has 0 fully saturated rings. The Morgan fingerprint density at radius 2 is 1.46 bits per heavy atom. The second-order valence-corrected chi connectivity index (χ2v) is 13.4. The zero-order chi connectivity index (χ0) is 30.5. The number of benzene rings is 5. The summed E-state index contributed by atoms with van der Waals surface area (Å²) >= 11 is 1.82. The number of hydrogen-bond acceptors (Lipinski definition) is 3. The summed E-state index contributed by atoms with van der Waals surface area (Å²) in [5.41, 5.74) is 7.80. The van der Waals surface area contributed by atoms with Crippen molar-refractivity contribution in [2.24, 2.45) is 0 Å². The maximum absolute atomic E-state index is 4.38. The van der Waals surface area contributed by atoms with Gasteiger partial charge >= 0.3 is 0 Å². The van der Waals surface area contributed by atoms with Gasteiger partial charge < -0.3 is 4.90 Å². The van der Waals surface area contributed by atoms with Crippen molar-refractivity contribution in [3.8, 4) is 0 Å². The van der Waals surface area contributed by atoms with Crippen LogP contribution in [0.2, 0.25) is 0 Å². The van der Waals surface area contributed by atoms with E-state index < -0.39 is 0 Å². The van der Waals surface area contributed by atoms with E-state index in [1.54, 1.807) is 0 Å². The lowest BCUT2D eigenvalue weighted by Gasteiger charge is -2.30. The fourth-order valence-corrected chi connectivity index (χ4v) is 8.40. The van der Waals surface area contributed by atoms with Crippen LogP contribution in [0.25, 0.3) is 47.3 Å². The third-order valence-corrected chi connectivity index (χ3v) is 10.7. The summed E-state index contributed by atoms with van der Waals surface area (Å²) < 4.78 is 2.52. The summed E-state index contributed by atoms with van der Waals surface area (Å²) in [7, 11) is 0. The molecule has 9 rings (SSSR count). The Balaban J connectivity index is 1.15. The molecule has 0 radical (unpaired) electrons. The van der Waals surface area contributed by atoms with E-state index in [0.717, 1.165) is 19.3 Å². The molecule has 2 heterocycles. The predicted octanol–water partition coefficient (Wildman–Crippen LogP) is 12.3. The van der Waals surface area contributed by atoms with Crippen molar-refractivity contribution >= 4 is 70.0 Å². The van der Waals surface area contributed by atoms with E-state index in [9.17, 15) is 0 Å². The lowest BCUT2D eigenvalue weighted by molar-refractivity contribution is 0.853. The molecule has 1 unspecified atom stereocenters. The Labute approximate surface area is 273 Å². The molecule has 5 aromatic carbocycles. The lowest BCUT2D eigenvalue weighted by atomic mass is 9.89. The Morgan fingerprint density at radius 3 is 2.28 bits per heavy atom. The fourth-order valence-electron chi connectivity index (χ4n) is 7.30. The molecule has 46 heavy (non-hydrogen) atoms. The topological polar surface area (TPSA) is 16.1 Å². The van der Waals surface area contributed by atoms with Gasteiger partial charge in [-0.05, 0) is 100.0 Å². The minimum absolute atomic E-state index is 0.437. The first-order valence-corrected chi connectivity index (χ1v) is 16.9. The second kappa shape index (κ2) is 11.3. The van der Waals surface area contributed by atoms with E-state index in [1.165, 1.54) is 75.5 Å². The van der Waals surface area contributed by atoms with Crippen LogP contribution >= 0.6 is 11.3 Å². The number of anilines is 2. The average molecular weight is 609 g/mol. The molecule has 0 saturated heterocycles.